The van der Waals surface area contributed by atoms with Gasteiger partial charge >= 0.3 is 5.97 Å². The van der Waals surface area contributed by atoms with Crippen LogP contribution in [0.2, 0.25) is 0 Å². The second-order valence-electron chi connectivity index (χ2n) is 12.2. The first-order valence-electron chi connectivity index (χ1n) is 16.7. The fourth-order valence-electron chi connectivity index (χ4n) is 6.03. The maximum Gasteiger partial charge on any atom is 0.303 e. The van der Waals surface area contributed by atoms with Crippen LogP contribution in [0.15, 0.2) is 0 Å². The monoisotopic (exact) mass is 523 g/mol. The molecular weight excluding hydrogens is 458 g/mol. The molecular formula is C33H65NO3. The Hall–Kier alpha value is -0.610. The van der Waals surface area contributed by atoms with E-state index in [1.165, 1.54) is 122 Å². The molecule has 4 heteroatoms. The lowest BCUT2D eigenvalue weighted by atomic mass is 9.73. The van der Waals surface area contributed by atoms with Gasteiger partial charge in [0.1, 0.15) is 0 Å². The maximum absolute atomic E-state index is 11.0. The van der Waals surface area contributed by atoms with Gasteiger partial charge in [-0.25, -0.2) is 0 Å². The van der Waals surface area contributed by atoms with E-state index in [9.17, 15) is 9.90 Å². The van der Waals surface area contributed by atoms with E-state index in [0.29, 0.717) is 0 Å². The molecule has 1 aliphatic carbocycles. The van der Waals surface area contributed by atoms with Gasteiger partial charge in [0, 0.05) is 19.5 Å². The molecule has 0 spiro atoms. The van der Waals surface area contributed by atoms with Gasteiger partial charge in [-0.3, -0.25) is 4.79 Å². The van der Waals surface area contributed by atoms with Crippen LogP contribution in [0, 0.1) is 11.8 Å². The Bertz CT molecular complexity index is 508. The van der Waals surface area contributed by atoms with Gasteiger partial charge in [0.2, 0.25) is 0 Å². The normalized spacial score (nSPS) is 15.7. The number of nitrogens with zero attached hydrogens (tertiary/aromatic N) is 1. The number of rotatable bonds is 28. The summed E-state index contributed by atoms with van der Waals surface area (Å²) < 4.78 is 0. The van der Waals surface area contributed by atoms with Crippen LogP contribution in [0.3, 0.4) is 0 Å². The first-order valence-corrected chi connectivity index (χ1v) is 16.7. The van der Waals surface area contributed by atoms with Crippen LogP contribution in [-0.2, 0) is 4.79 Å². The van der Waals surface area contributed by atoms with Gasteiger partial charge in [0.15, 0.2) is 0 Å². The molecule has 1 saturated carbocycles. The molecule has 0 amide bonds. The van der Waals surface area contributed by atoms with E-state index < -0.39 is 5.97 Å². The fourth-order valence-corrected chi connectivity index (χ4v) is 6.03. The van der Waals surface area contributed by atoms with Crippen molar-refractivity contribution in [1.82, 2.24) is 4.90 Å². The summed E-state index contributed by atoms with van der Waals surface area (Å²) >= 11 is 0. The summed E-state index contributed by atoms with van der Waals surface area (Å²) in [6.07, 6.45) is 29.5. The number of hydrogen-bond acceptors (Lipinski definition) is 3. The predicted molar refractivity (Wildman–Crippen MR) is 159 cm³/mol. The molecule has 2 unspecified atom stereocenters. The van der Waals surface area contributed by atoms with Crippen LogP contribution in [0.25, 0.3) is 0 Å². The van der Waals surface area contributed by atoms with Gasteiger partial charge in [-0.15, -0.1) is 0 Å². The second kappa shape index (κ2) is 24.4. The summed E-state index contributed by atoms with van der Waals surface area (Å²) in [7, 11) is 0. The largest absolute Gasteiger partial charge is 0.481 e. The van der Waals surface area contributed by atoms with E-state index in [0.717, 1.165) is 57.2 Å². The zero-order chi connectivity index (χ0) is 27.0. The van der Waals surface area contributed by atoms with Crippen molar-refractivity contribution in [3.63, 3.8) is 0 Å². The van der Waals surface area contributed by atoms with Crippen molar-refractivity contribution in [3.8, 4) is 0 Å². The van der Waals surface area contributed by atoms with Gasteiger partial charge in [-0.2, -0.15) is 0 Å². The van der Waals surface area contributed by atoms with Gasteiger partial charge in [-0.1, -0.05) is 136 Å². The van der Waals surface area contributed by atoms with E-state index in [4.69, 9.17) is 5.11 Å². The molecule has 1 aliphatic rings. The Morgan fingerprint density at radius 1 is 0.703 bits per heavy atom. The second-order valence-corrected chi connectivity index (χ2v) is 12.2. The number of aliphatic hydroxyl groups is 1. The minimum absolute atomic E-state index is 0.246. The molecule has 0 heterocycles. The number of aliphatic hydroxyl groups excluding tert-OH is 1. The minimum Gasteiger partial charge on any atom is -0.481 e. The van der Waals surface area contributed by atoms with Crippen LogP contribution in [0.4, 0.5) is 0 Å². The molecule has 2 atom stereocenters. The highest BCUT2D eigenvalue weighted by molar-refractivity contribution is 5.66. The predicted octanol–water partition coefficient (Wildman–Crippen LogP) is 9.38. The molecule has 0 aliphatic heterocycles. The Kier molecular flexibility index (Phi) is 22.7. The standard InChI is InChI=1S/C33H65NO3/c1-3-5-7-9-11-13-15-17-22-31(30-23-21-24-30)28-34(27-20-19-26-33(36)37)29-32(35)25-18-16-14-12-10-8-6-4-2/h30-32,35H,3-29H2,1-2H3,(H,36,37). The lowest BCUT2D eigenvalue weighted by molar-refractivity contribution is -0.137. The highest BCUT2D eigenvalue weighted by Crippen LogP contribution is 2.37. The molecule has 1 fully saturated rings. The molecule has 37 heavy (non-hydrogen) atoms. The number of carbonyl (C=O) groups is 1. The summed E-state index contributed by atoms with van der Waals surface area (Å²) in [4.78, 5) is 13.5. The van der Waals surface area contributed by atoms with Crippen LogP contribution in [0.5, 0.6) is 0 Å². The summed E-state index contributed by atoms with van der Waals surface area (Å²) in [6, 6.07) is 0. The smallest absolute Gasteiger partial charge is 0.303 e. The molecule has 0 radical (unpaired) electrons. The van der Waals surface area contributed by atoms with Crippen LogP contribution < -0.4 is 0 Å². The first kappa shape index (κ1) is 34.4. The highest BCUT2D eigenvalue weighted by Gasteiger charge is 2.28. The van der Waals surface area contributed by atoms with Crippen molar-refractivity contribution in [2.75, 3.05) is 19.6 Å². The third-order valence-electron chi connectivity index (χ3n) is 8.71. The molecule has 2 N–H and O–H groups in total. The van der Waals surface area contributed by atoms with Crippen molar-refractivity contribution in [3.05, 3.63) is 0 Å². The van der Waals surface area contributed by atoms with E-state index in [1.807, 2.05) is 0 Å². The number of hydrogen-bond donors (Lipinski definition) is 2. The molecule has 0 aromatic carbocycles. The van der Waals surface area contributed by atoms with Gasteiger partial charge in [0.05, 0.1) is 6.10 Å². The average molecular weight is 524 g/mol. The van der Waals surface area contributed by atoms with E-state index >= 15 is 0 Å². The lowest BCUT2D eigenvalue weighted by Gasteiger charge is -2.38. The third-order valence-corrected chi connectivity index (χ3v) is 8.71. The Morgan fingerprint density at radius 2 is 1.22 bits per heavy atom. The molecule has 4 nitrogen and oxygen atoms in total. The van der Waals surface area contributed by atoms with Gasteiger partial charge in [0.25, 0.3) is 0 Å². The maximum atomic E-state index is 11.0. The Labute approximate surface area is 231 Å². The van der Waals surface area contributed by atoms with Crippen molar-refractivity contribution in [1.29, 1.82) is 0 Å². The molecule has 1 rings (SSSR count). The van der Waals surface area contributed by atoms with Crippen LogP contribution >= 0.6 is 0 Å². The zero-order valence-electron chi connectivity index (χ0n) is 25.1. The minimum atomic E-state index is -0.691. The SMILES string of the molecule is CCCCCCCCCCC(O)CN(CCCCC(=O)O)CC(CCCCCCCCCC)C1CCC1. The summed E-state index contributed by atoms with van der Waals surface area (Å²) in [5, 5.41) is 19.9. The Morgan fingerprint density at radius 3 is 1.70 bits per heavy atom. The Balaban J connectivity index is 2.41. The van der Waals surface area contributed by atoms with E-state index in [2.05, 4.69) is 18.7 Å². The van der Waals surface area contributed by atoms with Crippen molar-refractivity contribution >= 4 is 5.97 Å². The van der Waals surface area contributed by atoms with Crippen LogP contribution in [-0.4, -0.2) is 46.8 Å². The van der Waals surface area contributed by atoms with E-state index in [-0.39, 0.29) is 12.5 Å². The summed E-state index contributed by atoms with van der Waals surface area (Å²) in [5.41, 5.74) is 0. The molecule has 0 bridgehead atoms. The quantitative estimate of drug-likeness (QED) is 0.100. The van der Waals surface area contributed by atoms with E-state index in [1.54, 1.807) is 0 Å². The molecule has 0 aromatic rings. The number of carboxylic acids is 1. The fraction of sp³-hybridized carbons (Fsp3) is 0.970. The van der Waals surface area contributed by atoms with Crippen molar-refractivity contribution in [2.45, 2.75) is 174 Å². The average Bonchev–Trinajstić information content (AvgIpc) is 2.83. The summed E-state index contributed by atoms with van der Waals surface area (Å²) in [6.45, 7) is 7.35. The number of aliphatic carboxylic acids is 1. The third kappa shape index (κ3) is 20.0. The topological polar surface area (TPSA) is 60.8 Å². The zero-order valence-corrected chi connectivity index (χ0v) is 25.1. The molecule has 220 valence electrons. The first-order chi connectivity index (χ1) is 18.1. The van der Waals surface area contributed by atoms with Crippen molar-refractivity contribution in [2.24, 2.45) is 11.8 Å². The van der Waals surface area contributed by atoms with Gasteiger partial charge < -0.3 is 15.1 Å². The van der Waals surface area contributed by atoms with Crippen LogP contribution in [0.1, 0.15) is 168 Å². The lowest BCUT2D eigenvalue weighted by Crippen LogP contribution is -2.40. The number of unbranched alkanes of at least 4 members (excludes halogenated alkanes) is 15. The molecule has 0 saturated heterocycles. The highest BCUT2D eigenvalue weighted by atomic mass is 16.4. The van der Waals surface area contributed by atoms with Crippen molar-refractivity contribution < 1.29 is 15.0 Å². The number of carboxylic acid groups (broad SMARTS) is 1. The summed E-state index contributed by atoms with van der Waals surface area (Å²) in [5.74, 6) is 0.933. The van der Waals surface area contributed by atoms with Gasteiger partial charge in [-0.05, 0) is 44.1 Å². The molecule has 0 aromatic heterocycles.